The Morgan fingerprint density at radius 2 is 1.81 bits per heavy atom. The van der Waals surface area contributed by atoms with Gasteiger partial charge in [0.05, 0.1) is 24.0 Å². The van der Waals surface area contributed by atoms with E-state index in [2.05, 4.69) is 38.1 Å². The number of anilines is 1. The number of amides is 1. The zero-order valence-corrected chi connectivity index (χ0v) is 16.5. The lowest BCUT2D eigenvalue weighted by Gasteiger charge is -2.11. The van der Waals surface area contributed by atoms with Gasteiger partial charge in [0.15, 0.2) is 5.82 Å². The summed E-state index contributed by atoms with van der Waals surface area (Å²) in [5.41, 5.74) is 3.27. The molecule has 0 saturated carbocycles. The van der Waals surface area contributed by atoms with Crippen molar-refractivity contribution in [2.45, 2.75) is 26.2 Å². The van der Waals surface area contributed by atoms with Crippen molar-refractivity contribution in [3.63, 3.8) is 0 Å². The Labute approximate surface area is 166 Å². The zero-order valence-electron chi connectivity index (χ0n) is 14.9. The average molecular weight is 426 g/mol. The average Bonchev–Trinajstić information content (AvgIpc) is 2.66. The number of hydrogen-bond donors (Lipinski definition) is 2. The van der Waals surface area contributed by atoms with E-state index in [-0.39, 0.29) is 18.1 Å². The van der Waals surface area contributed by atoms with Crippen LogP contribution in [0.3, 0.4) is 0 Å². The molecule has 2 N–H and O–H groups in total. The topological polar surface area (TPSA) is 75.1 Å². The molecule has 0 saturated heterocycles. The highest BCUT2D eigenvalue weighted by Crippen LogP contribution is 2.23. The van der Waals surface area contributed by atoms with Gasteiger partial charge in [-0.05, 0) is 48.4 Å². The second-order valence-corrected chi connectivity index (χ2v) is 7.11. The van der Waals surface area contributed by atoms with Crippen LogP contribution in [-0.2, 0) is 17.6 Å². The fourth-order valence-corrected chi connectivity index (χ4v) is 2.94. The second kappa shape index (κ2) is 8.77. The monoisotopic (exact) mass is 425 g/mol. The highest BCUT2D eigenvalue weighted by Gasteiger charge is 2.12. The molecule has 27 heavy (non-hydrogen) atoms. The van der Waals surface area contributed by atoms with Crippen molar-refractivity contribution in [1.29, 1.82) is 0 Å². The van der Waals surface area contributed by atoms with Gasteiger partial charge in [-0.3, -0.25) is 4.79 Å². The molecule has 1 heterocycles. The maximum Gasteiger partial charge on any atom is 0.229 e. The Hall–Kier alpha value is -2.73. The van der Waals surface area contributed by atoms with Gasteiger partial charge in [0.25, 0.3) is 0 Å². The van der Waals surface area contributed by atoms with Crippen LogP contribution < -0.4 is 5.32 Å². The molecule has 0 bridgehead atoms. The maximum atomic E-state index is 12.4. The van der Waals surface area contributed by atoms with E-state index in [1.165, 1.54) is 0 Å². The lowest BCUT2D eigenvalue weighted by Crippen LogP contribution is -2.17. The number of nitrogens with one attached hydrogen (secondary N) is 1. The van der Waals surface area contributed by atoms with Crippen molar-refractivity contribution >= 4 is 27.7 Å². The van der Waals surface area contributed by atoms with Gasteiger partial charge in [0, 0.05) is 10.0 Å². The predicted molar refractivity (Wildman–Crippen MR) is 110 cm³/mol. The summed E-state index contributed by atoms with van der Waals surface area (Å²) in [6, 6.07) is 14.5. The minimum Gasteiger partial charge on any atom is -0.508 e. The first-order valence-corrected chi connectivity index (χ1v) is 9.54. The number of benzene rings is 2. The molecule has 1 amide bonds. The first-order valence-electron chi connectivity index (χ1n) is 8.74. The normalized spacial score (nSPS) is 10.6. The third kappa shape index (κ3) is 5.14. The molecule has 0 radical (unpaired) electrons. The smallest absolute Gasteiger partial charge is 0.229 e. The molecule has 0 atom stereocenters. The number of phenols is 1. The molecule has 3 rings (SSSR count). The Bertz CT molecular complexity index is 925. The number of halogens is 1. The SMILES string of the molecule is CCCc1nc(-c2ccc(O)cc2)cnc1NC(=O)Cc1ccc(Br)cc1. The standard InChI is InChI=1S/C21H20BrN3O2/c1-2-3-18-21(25-20(27)12-14-4-8-16(22)9-5-14)23-13-19(24-18)15-6-10-17(26)11-7-15/h4-11,13,26H,2-3,12H2,1H3,(H,23,25,27). The molecule has 0 unspecified atom stereocenters. The molecule has 5 nitrogen and oxygen atoms in total. The first-order chi connectivity index (χ1) is 13.0. The molecule has 6 heteroatoms. The fourth-order valence-electron chi connectivity index (χ4n) is 2.68. The summed E-state index contributed by atoms with van der Waals surface area (Å²) in [5.74, 6) is 0.583. The van der Waals surface area contributed by atoms with E-state index >= 15 is 0 Å². The number of carbonyl (C=O) groups excluding carboxylic acids is 1. The van der Waals surface area contributed by atoms with Gasteiger partial charge in [0.2, 0.25) is 5.91 Å². The van der Waals surface area contributed by atoms with Gasteiger partial charge in [-0.1, -0.05) is 41.4 Å². The molecule has 0 aliphatic heterocycles. The van der Waals surface area contributed by atoms with Crippen LogP contribution in [0.2, 0.25) is 0 Å². The zero-order chi connectivity index (χ0) is 19.2. The molecular formula is C21H20BrN3O2. The van der Waals surface area contributed by atoms with Gasteiger partial charge >= 0.3 is 0 Å². The largest absolute Gasteiger partial charge is 0.508 e. The van der Waals surface area contributed by atoms with Crippen molar-refractivity contribution < 1.29 is 9.90 Å². The summed E-state index contributed by atoms with van der Waals surface area (Å²) in [7, 11) is 0. The summed E-state index contributed by atoms with van der Waals surface area (Å²) >= 11 is 3.39. The van der Waals surface area contributed by atoms with E-state index in [0.29, 0.717) is 17.9 Å². The van der Waals surface area contributed by atoms with E-state index in [0.717, 1.165) is 27.7 Å². The molecule has 138 valence electrons. The molecule has 2 aromatic carbocycles. The van der Waals surface area contributed by atoms with Crippen molar-refractivity contribution in [1.82, 2.24) is 9.97 Å². The molecule has 0 aliphatic carbocycles. The van der Waals surface area contributed by atoms with Crippen LogP contribution in [0.15, 0.2) is 59.2 Å². The van der Waals surface area contributed by atoms with Gasteiger partial charge in [-0.25, -0.2) is 9.97 Å². The number of phenolic OH excluding ortho intramolecular Hbond substituents is 1. The molecule has 3 aromatic rings. The van der Waals surface area contributed by atoms with E-state index < -0.39 is 0 Å². The van der Waals surface area contributed by atoms with E-state index in [9.17, 15) is 9.90 Å². The van der Waals surface area contributed by atoms with E-state index in [4.69, 9.17) is 0 Å². The summed E-state index contributed by atoms with van der Waals surface area (Å²) in [6.07, 6.45) is 3.52. The van der Waals surface area contributed by atoms with Crippen LogP contribution in [0.5, 0.6) is 5.75 Å². The number of aromatic hydroxyl groups is 1. The van der Waals surface area contributed by atoms with Crippen molar-refractivity contribution in [3.05, 3.63) is 70.5 Å². The number of aromatic nitrogens is 2. The number of hydrogen-bond acceptors (Lipinski definition) is 4. The van der Waals surface area contributed by atoms with Crippen LogP contribution in [0.25, 0.3) is 11.3 Å². The molecule has 0 aliphatic rings. The van der Waals surface area contributed by atoms with Crippen LogP contribution in [0, 0.1) is 0 Å². The van der Waals surface area contributed by atoms with Gasteiger partial charge in [0.1, 0.15) is 5.75 Å². The summed E-state index contributed by atoms with van der Waals surface area (Å²) in [5, 5.41) is 12.3. The Morgan fingerprint density at radius 1 is 1.11 bits per heavy atom. The molecule has 0 fully saturated rings. The minimum absolute atomic E-state index is 0.124. The van der Waals surface area contributed by atoms with Crippen molar-refractivity contribution in [2.24, 2.45) is 0 Å². The molecular weight excluding hydrogens is 406 g/mol. The van der Waals surface area contributed by atoms with Gasteiger partial charge in [-0.15, -0.1) is 0 Å². The van der Waals surface area contributed by atoms with Gasteiger partial charge in [-0.2, -0.15) is 0 Å². The first kappa shape index (κ1) is 19.0. The number of nitrogens with zero attached hydrogens (tertiary/aromatic N) is 2. The summed E-state index contributed by atoms with van der Waals surface area (Å²) in [4.78, 5) is 21.5. The van der Waals surface area contributed by atoms with Crippen LogP contribution in [-0.4, -0.2) is 21.0 Å². The summed E-state index contributed by atoms with van der Waals surface area (Å²) < 4.78 is 0.979. The Morgan fingerprint density at radius 3 is 2.48 bits per heavy atom. The highest BCUT2D eigenvalue weighted by molar-refractivity contribution is 9.10. The van der Waals surface area contributed by atoms with Gasteiger partial charge < -0.3 is 10.4 Å². The Kier molecular flexibility index (Phi) is 6.19. The van der Waals surface area contributed by atoms with E-state index in [1.54, 1.807) is 30.5 Å². The highest BCUT2D eigenvalue weighted by atomic mass is 79.9. The van der Waals surface area contributed by atoms with Crippen LogP contribution in [0.1, 0.15) is 24.6 Å². The lowest BCUT2D eigenvalue weighted by atomic mass is 10.1. The lowest BCUT2D eigenvalue weighted by molar-refractivity contribution is -0.115. The second-order valence-electron chi connectivity index (χ2n) is 6.20. The van der Waals surface area contributed by atoms with Crippen LogP contribution >= 0.6 is 15.9 Å². The third-order valence-corrected chi connectivity index (χ3v) is 4.56. The van der Waals surface area contributed by atoms with E-state index in [1.807, 2.05) is 24.3 Å². The predicted octanol–water partition coefficient (Wildman–Crippen LogP) is 4.75. The summed E-state index contributed by atoms with van der Waals surface area (Å²) in [6.45, 7) is 2.06. The van der Waals surface area contributed by atoms with Crippen molar-refractivity contribution in [3.8, 4) is 17.0 Å². The molecule has 1 aromatic heterocycles. The Balaban J connectivity index is 1.78. The molecule has 0 spiro atoms. The maximum absolute atomic E-state index is 12.4. The third-order valence-electron chi connectivity index (χ3n) is 4.03. The van der Waals surface area contributed by atoms with Crippen molar-refractivity contribution in [2.75, 3.05) is 5.32 Å². The fraction of sp³-hybridized carbons (Fsp3) is 0.190. The number of rotatable bonds is 6. The van der Waals surface area contributed by atoms with Crippen LogP contribution in [0.4, 0.5) is 5.82 Å². The quantitative estimate of drug-likeness (QED) is 0.597. The number of aryl methyl sites for hydroxylation is 1. The number of carbonyl (C=O) groups is 1. The minimum atomic E-state index is -0.124.